The van der Waals surface area contributed by atoms with Crippen LogP contribution in [0.25, 0.3) is 0 Å². The van der Waals surface area contributed by atoms with Gasteiger partial charge in [0.05, 0.1) is 7.11 Å². The standard InChI is InChI=1S/C20H25N3O2/c1-22-12-4-5-19(22)16-10-11-21-18(13-16)20(24)23(2)14-15-6-8-17(25-3)9-7-15/h6-11,13,19H,4-5,12,14H2,1-3H3/t19-/m1/s1. The SMILES string of the molecule is COc1ccc(CN(C)C(=O)c2cc([C@H]3CCCN3C)ccn2)cc1. The predicted molar refractivity (Wildman–Crippen MR) is 97.6 cm³/mol. The van der Waals surface area contributed by atoms with Crippen molar-refractivity contribution >= 4 is 5.91 Å². The van der Waals surface area contributed by atoms with Gasteiger partial charge in [-0.05, 0) is 61.8 Å². The number of aromatic nitrogens is 1. The molecule has 5 heteroatoms. The average Bonchev–Trinajstić information content (AvgIpc) is 3.08. The fourth-order valence-electron chi connectivity index (χ4n) is 3.37. The van der Waals surface area contributed by atoms with Gasteiger partial charge in [-0.3, -0.25) is 14.7 Å². The van der Waals surface area contributed by atoms with Crippen LogP contribution in [0.1, 0.15) is 40.5 Å². The summed E-state index contributed by atoms with van der Waals surface area (Å²) >= 11 is 0. The molecule has 1 saturated heterocycles. The van der Waals surface area contributed by atoms with Crippen LogP contribution in [0, 0.1) is 0 Å². The van der Waals surface area contributed by atoms with Crippen LogP contribution in [0.3, 0.4) is 0 Å². The summed E-state index contributed by atoms with van der Waals surface area (Å²) in [6.45, 7) is 1.64. The molecular weight excluding hydrogens is 314 g/mol. The van der Waals surface area contributed by atoms with Crippen molar-refractivity contribution in [1.82, 2.24) is 14.8 Å². The van der Waals surface area contributed by atoms with E-state index < -0.39 is 0 Å². The van der Waals surface area contributed by atoms with Crippen molar-refractivity contribution in [3.05, 3.63) is 59.4 Å². The molecule has 1 aromatic carbocycles. The van der Waals surface area contributed by atoms with Crippen molar-refractivity contribution < 1.29 is 9.53 Å². The lowest BCUT2D eigenvalue weighted by atomic mass is 10.0. The van der Waals surface area contributed by atoms with E-state index in [4.69, 9.17) is 4.74 Å². The molecule has 0 spiro atoms. The van der Waals surface area contributed by atoms with Crippen LogP contribution in [0.5, 0.6) is 5.75 Å². The van der Waals surface area contributed by atoms with Crippen molar-refractivity contribution in [3.63, 3.8) is 0 Å². The average molecular weight is 339 g/mol. The molecule has 2 aromatic rings. The first-order valence-corrected chi connectivity index (χ1v) is 8.63. The van der Waals surface area contributed by atoms with Crippen LogP contribution < -0.4 is 4.74 Å². The van der Waals surface area contributed by atoms with Crippen LogP contribution in [0.15, 0.2) is 42.6 Å². The molecule has 0 saturated carbocycles. The summed E-state index contributed by atoms with van der Waals surface area (Å²) in [6, 6.07) is 12.1. The van der Waals surface area contributed by atoms with Gasteiger partial charge in [0.1, 0.15) is 11.4 Å². The Labute approximate surface area is 149 Å². The van der Waals surface area contributed by atoms with Gasteiger partial charge in [-0.2, -0.15) is 0 Å². The number of nitrogens with zero attached hydrogens (tertiary/aromatic N) is 3. The Hall–Kier alpha value is -2.40. The Kier molecular flexibility index (Phi) is 5.34. The number of carbonyl (C=O) groups excluding carboxylic acids is 1. The van der Waals surface area contributed by atoms with Gasteiger partial charge in [0.2, 0.25) is 0 Å². The van der Waals surface area contributed by atoms with Gasteiger partial charge < -0.3 is 9.64 Å². The molecule has 5 nitrogen and oxygen atoms in total. The minimum Gasteiger partial charge on any atom is -0.497 e. The number of likely N-dealkylation sites (tertiary alicyclic amines) is 1. The molecule has 1 fully saturated rings. The van der Waals surface area contributed by atoms with E-state index in [9.17, 15) is 4.79 Å². The highest BCUT2D eigenvalue weighted by atomic mass is 16.5. The van der Waals surface area contributed by atoms with Gasteiger partial charge in [0, 0.05) is 25.8 Å². The van der Waals surface area contributed by atoms with Gasteiger partial charge in [0.25, 0.3) is 5.91 Å². The van der Waals surface area contributed by atoms with Crippen molar-refractivity contribution in [1.29, 1.82) is 0 Å². The molecule has 0 radical (unpaired) electrons. The van der Waals surface area contributed by atoms with Crippen LogP contribution >= 0.6 is 0 Å². The number of amides is 1. The Balaban J connectivity index is 1.71. The molecule has 1 aliphatic heterocycles. The van der Waals surface area contributed by atoms with Gasteiger partial charge >= 0.3 is 0 Å². The van der Waals surface area contributed by atoms with Crippen LogP contribution in [0.4, 0.5) is 0 Å². The van der Waals surface area contributed by atoms with E-state index in [1.54, 1.807) is 18.2 Å². The monoisotopic (exact) mass is 339 g/mol. The summed E-state index contributed by atoms with van der Waals surface area (Å²) in [5.41, 5.74) is 2.74. The highest BCUT2D eigenvalue weighted by molar-refractivity contribution is 5.92. The number of hydrogen-bond donors (Lipinski definition) is 0. The minimum atomic E-state index is -0.0571. The zero-order valence-corrected chi connectivity index (χ0v) is 15.1. The number of methoxy groups -OCH3 is 1. The summed E-state index contributed by atoms with van der Waals surface area (Å²) in [4.78, 5) is 21.1. The molecule has 132 valence electrons. The molecule has 2 heterocycles. The van der Waals surface area contributed by atoms with E-state index >= 15 is 0 Å². The second-order valence-electron chi connectivity index (χ2n) is 6.62. The molecule has 3 rings (SSSR count). The fourth-order valence-corrected chi connectivity index (χ4v) is 3.37. The van der Waals surface area contributed by atoms with Crippen LogP contribution in [0.2, 0.25) is 0 Å². The molecular formula is C20H25N3O2. The van der Waals surface area contributed by atoms with Crippen molar-refractivity contribution in [2.45, 2.75) is 25.4 Å². The number of hydrogen-bond acceptors (Lipinski definition) is 4. The number of pyridine rings is 1. The maximum Gasteiger partial charge on any atom is 0.272 e. The Bertz CT molecular complexity index is 730. The maximum atomic E-state index is 12.7. The highest BCUT2D eigenvalue weighted by Gasteiger charge is 2.24. The molecule has 1 atom stereocenters. The number of benzene rings is 1. The molecule has 0 unspecified atom stereocenters. The van der Waals surface area contributed by atoms with E-state index in [1.807, 2.05) is 43.4 Å². The summed E-state index contributed by atoms with van der Waals surface area (Å²) in [5, 5.41) is 0. The first-order valence-electron chi connectivity index (χ1n) is 8.63. The predicted octanol–water partition coefficient (Wildman–Crippen LogP) is 3.13. The van der Waals surface area contributed by atoms with E-state index in [1.165, 1.54) is 12.0 Å². The van der Waals surface area contributed by atoms with E-state index in [-0.39, 0.29) is 5.91 Å². The van der Waals surface area contributed by atoms with Gasteiger partial charge in [-0.25, -0.2) is 0 Å². The second-order valence-corrected chi connectivity index (χ2v) is 6.62. The maximum absolute atomic E-state index is 12.7. The molecule has 0 aliphatic carbocycles. The Morgan fingerprint density at radius 2 is 2.08 bits per heavy atom. The van der Waals surface area contributed by atoms with Crippen LogP contribution in [-0.2, 0) is 6.54 Å². The number of carbonyl (C=O) groups is 1. The quantitative estimate of drug-likeness (QED) is 0.840. The zero-order valence-electron chi connectivity index (χ0n) is 15.1. The lowest BCUT2D eigenvalue weighted by molar-refractivity contribution is 0.0779. The third-order valence-electron chi connectivity index (χ3n) is 4.83. The Morgan fingerprint density at radius 3 is 2.72 bits per heavy atom. The van der Waals surface area contributed by atoms with Crippen LogP contribution in [-0.4, -0.2) is 48.4 Å². The lowest BCUT2D eigenvalue weighted by Gasteiger charge is -2.21. The summed E-state index contributed by atoms with van der Waals surface area (Å²) in [5.74, 6) is 0.756. The molecule has 0 N–H and O–H groups in total. The number of ether oxygens (including phenoxy) is 1. The first-order chi connectivity index (χ1) is 12.1. The molecule has 1 amide bonds. The number of rotatable bonds is 5. The van der Waals surface area contributed by atoms with Crippen molar-refractivity contribution in [2.75, 3.05) is 27.7 Å². The van der Waals surface area contributed by atoms with E-state index in [2.05, 4.69) is 16.9 Å². The topological polar surface area (TPSA) is 45.7 Å². The zero-order chi connectivity index (χ0) is 17.8. The normalized spacial score (nSPS) is 17.5. The third-order valence-corrected chi connectivity index (χ3v) is 4.83. The van der Waals surface area contributed by atoms with Crippen molar-refractivity contribution in [3.8, 4) is 5.75 Å². The van der Waals surface area contributed by atoms with Gasteiger partial charge in [-0.1, -0.05) is 12.1 Å². The summed E-state index contributed by atoms with van der Waals surface area (Å²) in [6.07, 6.45) is 4.08. The molecule has 1 aliphatic rings. The molecule has 0 bridgehead atoms. The van der Waals surface area contributed by atoms with Gasteiger partial charge in [0.15, 0.2) is 0 Å². The third kappa shape index (κ3) is 3.99. The van der Waals surface area contributed by atoms with E-state index in [0.29, 0.717) is 18.3 Å². The Morgan fingerprint density at radius 1 is 1.32 bits per heavy atom. The van der Waals surface area contributed by atoms with Gasteiger partial charge in [-0.15, -0.1) is 0 Å². The first kappa shape index (κ1) is 17.4. The smallest absolute Gasteiger partial charge is 0.272 e. The summed E-state index contributed by atoms with van der Waals surface area (Å²) in [7, 11) is 5.59. The second kappa shape index (κ2) is 7.66. The lowest BCUT2D eigenvalue weighted by Crippen LogP contribution is -2.27. The van der Waals surface area contributed by atoms with Crippen molar-refractivity contribution in [2.24, 2.45) is 0 Å². The van der Waals surface area contributed by atoms with E-state index in [0.717, 1.165) is 24.3 Å². The highest BCUT2D eigenvalue weighted by Crippen LogP contribution is 2.30. The largest absolute Gasteiger partial charge is 0.497 e. The minimum absolute atomic E-state index is 0.0571. The summed E-state index contributed by atoms with van der Waals surface area (Å²) < 4.78 is 5.17. The fraction of sp³-hybridized carbons (Fsp3) is 0.400. The molecule has 25 heavy (non-hydrogen) atoms. The molecule has 1 aromatic heterocycles.